The van der Waals surface area contributed by atoms with Crippen LogP contribution in [-0.2, 0) is 14.9 Å². The van der Waals surface area contributed by atoms with Crippen LogP contribution >= 0.6 is 11.6 Å². The summed E-state index contributed by atoms with van der Waals surface area (Å²) in [6, 6.07) is 6.88. The van der Waals surface area contributed by atoms with Gasteiger partial charge in [-0.3, -0.25) is 4.79 Å². The van der Waals surface area contributed by atoms with Crippen molar-refractivity contribution in [3.8, 4) is 11.6 Å². The van der Waals surface area contributed by atoms with Crippen LogP contribution in [0.1, 0.15) is 64.3 Å². The summed E-state index contributed by atoms with van der Waals surface area (Å²) in [5.41, 5.74) is 6.23. The number of nitrogens with one attached hydrogen (secondary N) is 1. The summed E-state index contributed by atoms with van der Waals surface area (Å²) < 4.78 is 56.0. The Hall–Kier alpha value is -3.58. The van der Waals surface area contributed by atoms with Crippen LogP contribution in [0.5, 0.6) is 5.88 Å². The third kappa shape index (κ3) is 6.88. The van der Waals surface area contributed by atoms with Crippen molar-refractivity contribution in [2.24, 2.45) is 5.41 Å². The molecule has 3 N–H and O–H groups in total. The largest absolute Gasteiger partial charge is 0.465 e. The van der Waals surface area contributed by atoms with Crippen molar-refractivity contribution in [2.45, 2.75) is 70.7 Å². The highest BCUT2D eigenvalue weighted by atomic mass is 35.5. The topological polar surface area (TPSA) is 120 Å². The first-order chi connectivity index (χ1) is 20.7. The number of carbonyl (C=O) groups is 1. The van der Waals surface area contributed by atoms with E-state index in [9.17, 15) is 18.0 Å². The van der Waals surface area contributed by atoms with Crippen LogP contribution in [0.2, 0.25) is 5.02 Å². The van der Waals surface area contributed by atoms with Gasteiger partial charge in [0.15, 0.2) is 0 Å². The lowest BCUT2D eigenvalue weighted by Crippen LogP contribution is -2.41. The highest BCUT2D eigenvalue weighted by Gasteiger charge is 2.46. The van der Waals surface area contributed by atoms with E-state index >= 15 is 0 Å². The monoisotopic (exact) mass is 635 g/mol. The number of piperidine rings is 1. The second-order valence-electron chi connectivity index (χ2n) is 12.4. The normalized spacial score (nSPS) is 19.3. The molecule has 14 heteroatoms. The van der Waals surface area contributed by atoms with Gasteiger partial charge in [0.1, 0.15) is 11.9 Å². The summed E-state index contributed by atoms with van der Waals surface area (Å²) in [6.45, 7) is 9.83. The van der Waals surface area contributed by atoms with Crippen LogP contribution in [0.15, 0.2) is 36.5 Å². The average molecular weight is 636 g/mol. The van der Waals surface area contributed by atoms with E-state index < -0.39 is 12.3 Å². The zero-order valence-electron chi connectivity index (χ0n) is 25.1. The lowest BCUT2D eigenvalue weighted by Gasteiger charge is -2.39. The number of nitrogen functional groups attached to an aromatic ring is 1. The van der Waals surface area contributed by atoms with Crippen molar-refractivity contribution in [1.29, 1.82) is 0 Å². The van der Waals surface area contributed by atoms with Gasteiger partial charge in [-0.25, -0.2) is 4.68 Å². The third-order valence-electron chi connectivity index (χ3n) is 8.20. The number of aromatic nitrogens is 4. The fraction of sp³-hybridized carbons (Fsp3) is 0.533. The van der Waals surface area contributed by atoms with Crippen LogP contribution < -0.4 is 20.7 Å². The molecular formula is C30H37ClF3N7O3. The fourth-order valence-electron chi connectivity index (χ4n) is 5.79. The van der Waals surface area contributed by atoms with E-state index in [1.165, 1.54) is 28.9 Å². The molecule has 3 aromatic rings. The molecule has 0 amide bonds. The third-order valence-corrected chi connectivity index (χ3v) is 8.44. The summed E-state index contributed by atoms with van der Waals surface area (Å²) >= 11 is 6.22. The van der Waals surface area contributed by atoms with Crippen LogP contribution in [0.25, 0.3) is 5.69 Å². The molecule has 0 bridgehead atoms. The smallest absolute Gasteiger partial charge is 0.429 e. The molecule has 2 aliphatic rings. The molecule has 2 aromatic heterocycles. The van der Waals surface area contributed by atoms with E-state index in [0.717, 1.165) is 12.8 Å². The van der Waals surface area contributed by atoms with Gasteiger partial charge in [0.25, 0.3) is 0 Å². The van der Waals surface area contributed by atoms with E-state index in [1.807, 2.05) is 25.7 Å². The molecule has 0 saturated carbocycles. The molecule has 0 aliphatic carbocycles. The second kappa shape index (κ2) is 12.1. The molecule has 2 atom stereocenters. The molecule has 238 valence electrons. The first-order valence-electron chi connectivity index (χ1n) is 14.6. The lowest BCUT2D eigenvalue weighted by molar-refractivity contribution is -0.198. The highest BCUT2D eigenvalue weighted by Crippen LogP contribution is 2.42. The molecule has 0 radical (unpaired) electrons. The summed E-state index contributed by atoms with van der Waals surface area (Å²) in [5.74, 6) is -0.393. The molecule has 44 heavy (non-hydrogen) atoms. The van der Waals surface area contributed by atoms with E-state index in [-0.39, 0.29) is 50.9 Å². The molecular weight excluding hydrogens is 599 g/mol. The SMILES string of the molecule is CCOC(=O)[C@@H]1CC2(CCN(c3cc(O[C@H](c4ccc(Cl)cc4-n4ccc(C(C)(C)C)n4)C(F)(F)F)nc(N)n3)CC2)CN1. The molecule has 0 unspecified atom stereocenters. The Balaban J connectivity index is 1.38. The molecule has 1 aromatic carbocycles. The Bertz CT molecular complexity index is 1500. The summed E-state index contributed by atoms with van der Waals surface area (Å²) in [4.78, 5) is 22.5. The van der Waals surface area contributed by atoms with Gasteiger partial charge >= 0.3 is 12.1 Å². The van der Waals surface area contributed by atoms with Crippen LogP contribution in [0.4, 0.5) is 24.9 Å². The Morgan fingerprint density at radius 2 is 1.91 bits per heavy atom. The molecule has 2 saturated heterocycles. The molecule has 2 aliphatic heterocycles. The van der Waals surface area contributed by atoms with E-state index in [0.29, 0.717) is 44.2 Å². The standard InChI is InChI=1S/C30H37ClF3N7O3/c1-5-43-26(42)20-16-29(17-36-20)9-12-40(13-10-29)23-15-24(38-27(35)37-23)44-25(30(32,33)34)19-7-6-18(31)14-21(19)41-11-8-22(39-41)28(2,3)4/h6-8,11,14-15,20,25,36H,5,9-10,12-13,16-17H2,1-4H3,(H2,35,37,38)/t20-,25+/m0/s1. The first-order valence-corrected chi connectivity index (χ1v) is 14.9. The minimum absolute atomic E-state index is 0.0719. The minimum Gasteiger partial charge on any atom is -0.465 e. The van der Waals surface area contributed by atoms with E-state index in [4.69, 9.17) is 26.8 Å². The number of carbonyl (C=O) groups excluding carboxylic acids is 1. The number of ether oxygens (including phenoxy) is 2. The fourth-order valence-corrected chi connectivity index (χ4v) is 5.96. The van der Waals surface area contributed by atoms with Crippen LogP contribution in [0.3, 0.4) is 0 Å². The number of nitrogens with two attached hydrogens (primary N) is 1. The summed E-state index contributed by atoms with van der Waals surface area (Å²) in [7, 11) is 0. The molecule has 10 nitrogen and oxygen atoms in total. The summed E-state index contributed by atoms with van der Waals surface area (Å²) in [5, 5.41) is 8.05. The van der Waals surface area contributed by atoms with Gasteiger partial charge in [-0.2, -0.15) is 28.2 Å². The van der Waals surface area contributed by atoms with Crippen molar-refractivity contribution >= 4 is 29.3 Å². The lowest BCUT2D eigenvalue weighted by atomic mass is 9.76. The number of rotatable bonds is 7. The molecule has 5 rings (SSSR count). The van der Waals surface area contributed by atoms with Gasteiger partial charge in [-0.15, -0.1) is 0 Å². The highest BCUT2D eigenvalue weighted by molar-refractivity contribution is 6.30. The van der Waals surface area contributed by atoms with Crippen molar-refractivity contribution in [3.05, 3.63) is 52.8 Å². The van der Waals surface area contributed by atoms with Gasteiger partial charge in [-0.1, -0.05) is 38.4 Å². The maximum absolute atomic E-state index is 14.6. The summed E-state index contributed by atoms with van der Waals surface area (Å²) in [6.07, 6.45) is -3.42. The van der Waals surface area contributed by atoms with Crippen LogP contribution in [0, 0.1) is 5.41 Å². The van der Waals surface area contributed by atoms with Gasteiger partial charge in [0, 0.05) is 47.9 Å². The number of halogens is 4. The average Bonchev–Trinajstić information content (AvgIpc) is 3.60. The number of nitrogens with zero attached hydrogens (tertiary/aromatic N) is 5. The van der Waals surface area contributed by atoms with Crippen LogP contribution in [-0.4, -0.2) is 64.2 Å². The molecule has 4 heterocycles. The minimum atomic E-state index is -4.81. The number of esters is 1. The Kier molecular flexibility index (Phi) is 8.74. The Labute approximate surface area is 259 Å². The second-order valence-corrected chi connectivity index (χ2v) is 12.9. The number of benzene rings is 1. The maximum Gasteiger partial charge on any atom is 0.429 e. The van der Waals surface area contributed by atoms with Gasteiger partial charge in [-0.05, 0) is 49.8 Å². The van der Waals surface area contributed by atoms with Crippen molar-refractivity contribution < 1.29 is 27.4 Å². The predicted molar refractivity (Wildman–Crippen MR) is 160 cm³/mol. The number of alkyl halides is 3. The van der Waals surface area contributed by atoms with Gasteiger partial charge < -0.3 is 25.4 Å². The van der Waals surface area contributed by atoms with Crippen molar-refractivity contribution in [2.75, 3.05) is 36.9 Å². The zero-order chi connectivity index (χ0) is 31.9. The maximum atomic E-state index is 14.6. The van der Waals surface area contributed by atoms with Crippen molar-refractivity contribution in [3.63, 3.8) is 0 Å². The van der Waals surface area contributed by atoms with E-state index in [2.05, 4.69) is 20.4 Å². The van der Waals surface area contributed by atoms with Crippen molar-refractivity contribution in [1.82, 2.24) is 25.1 Å². The zero-order valence-corrected chi connectivity index (χ0v) is 25.9. The number of hydrogen-bond acceptors (Lipinski definition) is 9. The van der Waals surface area contributed by atoms with E-state index in [1.54, 1.807) is 19.2 Å². The van der Waals surface area contributed by atoms with Gasteiger partial charge in [0.05, 0.1) is 18.0 Å². The Morgan fingerprint density at radius 3 is 2.55 bits per heavy atom. The molecule has 2 fully saturated rings. The quantitative estimate of drug-likeness (QED) is 0.329. The predicted octanol–water partition coefficient (Wildman–Crippen LogP) is 5.39. The number of anilines is 2. The Morgan fingerprint density at radius 1 is 1.18 bits per heavy atom. The number of hydrogen-bond donors (Lipinski definition) is 2. The molecule has 1 spiro atoms. The van der Waals surface area contributed by atoms with Gasteiger partial charge in [0.2, 0.25) is 17.9 Å². The first kappa shape index (κ1) is 31.8.